The highest BCUT2D eigenvalue weighted by Crippen LogP contribution is 2.23. The van der Waals surface area contributed by atoms with E-state index >= 15 is 0 Å². The first-order valence-electron chi connectivity index (χ1n) is 3.85. The normalized spacial score (nSPS) is 45.0. The summed E-state index contributed by atoms with van der Waals surface area (Å²) in [5.74, 6) is 0.765. The van der Waals surface area contributed by atoms with Gasteiger partial charge in [-0.1, -0.05) is 6.92 Å². The van der Waals surface area contributed by atoms with Crippen molar-refractivity contribution in [2.24, 2.45) is 5.92 Å². The summed E-state index contributed by atoms with van der Waals surface area (Å²) in [6, 6.07) is 0. The van der Waals surface area contributed by atoms with E-state index in [-0.39, 0.29) is 0 Å². The largest absolute Gasteiger partial charge is 0.375 e. The summed E-state index contributed by atoms with van der Waals surface area (Å²) < 4.78 is 5.60. The Kier molecular flexibility index (Phi) is 2.12. The van der Waals surface area contributed by atoms with Gasteiger partial charge >= 0.3 is 0 Å². The molecule has 1 heterocycles. The van der Waals surface area contributed by atoms with Crippen LogP contribution in [0.1, 0.15) is 33.6 Å². The molecule has 0 spiro atoms. The highest BCUT2D eigenvalue weighted by molar-refractivity contribution is 4.70. The van der Waals surface area contributed by atoms with Gasteiger partial charge in [0.05, 0.1) is 12.2 Å². The standard InChI is InChI=1S/C8H16O/c1-6-4-5-7(2)9-8(6)3/h6-8H,4-5H2,1-3H3/t6?,7-,8?/m1/s1. The van der Waals surface area contributed by atoms with Crippen molar-refractivity contribution in [3.63, 3.8) is 0 Å². The van der Waals surface area contributed by atoms with E-state index in [1.807, 2.05) is 0 Å². The van der Waals surface area contributed by atoms with Crippen molar-refractivity contribution >= 4 is 0 Å². The SMILES string of the molecule is CC1CC[C@@H](C)OC1C. The van der Waals surface area contributed by atoms with Gasteiger partial charge in [-0.25, -0.2) is 0 Å². The van der Waals surface area contributed by atoms with Crippen molar-refractivity contribution in [1.29, 1.82) is 0 Å². The fourth-order valence-electron chi connectivity index (χ4n) is 1.30. The summed E-state index contributed by atoms with van der Waals surface area (Å²) in [4.78, 5) is 0. The molecule has 0 bridgehead atoms. The van der Waals surface area contributed by atoms with Crippen molar-refractivity contribution in [2.45, 2.75) is 45.8 Å². The van der Waals surface area contributed by atoms with Crippen LogP contribution in [0.5, 0.6) is 0 Å². The minimum Gasteiger partial charge on any atom is -0.375 e. The Morgan fingerprint density at radius 3 is 2.22 bits per heavy atom. The molecule has 0 amide bonds. The van der Waals surface area contributed by atoms with Gasteiger partial charge in [0.2, 0.25) is 0 Å². The van der Waals surface area contributed by atoms with Gasteiger partial charge in [-0.2, -0.15) is 0 Å². The Bertz CT molecular complexity index is 90.6. The maximum atomic E-state index is 5.60. The lowest BCUT2D eigenvalue weighted by Crippen LogP contribution is -2.29. The average Bonchev–Trinajstić information content (AvgIpc) is 1.80. The van der Waals surface area contributed by atoms with Crippen LogP contribution in [0.15, 0.2) is 0 Å². The molecule has 1 fully saturated rings. The first-order valence-corrected chi connectivity index (χ1v) is 3.85. The van der Waals surface area contributed by atoms with Crippen LogP contribution in [0.25, 0.3) is 0 Å². The predicted octanol–water partition coefficient (Wildman–Crippen LogP) is 2.21. The zero-order chi connectivity index (χ0) is 6.85. The highest BCUT2D eigenvalue weighted by atomic mass is 16.5. The van der Waals surface area contributed by atoms with Crippen molar-refractivity contribution < 1.29 is 4.74 Å². The van der Waals surface area contributed by atoms with Crippen molar-refractivity contribution in [3.05, 3.63) is 0 Å². The van der Waals surface area contributed by atoms with Gasteiger partial charge in [0.15, 0.2) is 0 Å². The smallest absolute Gasteiger partial charge is 0.0576 e. The lowest BCUT2D eigenvalue weighted by atomic mass is 9.95. The zero-order valence-corrected chi connectivity index (χ0v) is 6.55. The predicted molar refractivity (Wildman–Crippen MR) is 38.4 cm³/mol. The van der Waals surface area contributed by atoms with Gasteiger partial charge in [-0.05, 0) is 32.6 Å². The van der Waals surface area contributed by atoms with E-state index in [4.69, 9.17) is 4.74 Å². The van der Waals surface area contributed by atoms with E-state index in [1.165, 1.54) is 12.8 Å². The Hall–Kier alpha value is -0.0400. The van der Waals surface area contributed by atoms with Crippen LogP contribution in [0, 0.1) is 5.92 Å². The minimum absolute atomic E-state index is 0.480. The second kappa shape index (κ2) is 2.70. The number of hydrogen-bond donors (Lipinski definition) is 0. The van der Waals surface area contributed by atoms with E-state index in [2.05, 4.69) is 20.8 Å². The quantitative estimate of drug-likeness (QED) is 0.486. The molecule has 54 valence electrons. The number of ether oxygens (including phenoxy) is 1. The minimum atomic E-state index is 0.480. The third-order valence-corrected chi connectivity index (χ3v) is 2.28. The molecule has 1 nitrogen and oxygen atoms in total. The summed E-state index contributed by atoms with van der Waals surface area (Å²) in [5, 5.41) is 0. The second-order valence-corrected chi connectivity index (χ2v) is 3.21. The monoisotopic (exact) mass is 128 g/mol. The molecule has 0 aromatic heterocycles. The molecule has 0 radical (unpaired) electrons. The van der Waals surface area contributed by atoms with Gasteiger partial charge in [0, 0.05) is 0 Å². The van der Waals surface area contributed by atoms with Gasteiger partial charge in [-0.3, -0.25) is 0 Å². The fourth-order valence-corrected chi connectivity index (χ4v) is 1.30. The maximum absolute atomic E-state index is 5.60. The molecular formula is C8H16O. The third kappa shape index (κ3) is 1.68. The molecule has 0 aromatic rings. The number of rotatable bonds is 0. The summed E-state index contributed by atoms with van der Waals surface area (Å²) in [7, 11) is 0. The van der Waals surface area contributed by atoms with Crippen LogP contribution in [0.4, 0.5) is 0 Å². The van der Waals surface area contributed by atoms with E-state index in [0.717, 1.165) is 5.92 Å². The van der Waals surface area contributed by atoms with E-state index in [9.17, 15) is 0 Å². The third-order valence-electron chi connectivity index (χ3n) is 2.28. The first-order chi connectivity index (χ1) is 4.20. The van der Waals surface area contributed by atoms with Crippen molar-refractivity contribution in [1.82, 2.24) is 0 Å². The zero-order valence-electron chi connectivity index (χ0n) is 6.55. The van der Waals surface area contributed by atoms with Gasteiger partial charge in [0.25, 0.3) is 0 Å². The molecular weight excluding hydrogens is 112 g/mol. The Balaban J connectivity index is 2.35. The second-order valence-electron chi connectivity index (χ2n) is 3.21. The topological polar surface area (TPSA) is 9.23 Å². The van der Waals surface area contributed by atoms with Crippen LogP contribution >= 0.6 is 0 Å². The molecule has 1 saturated heterocycles. The average molecular weight is 128 g/mol. The molecule has 1 aliphatic heterocycles. The van der Waals surface area contributed by atoms with Crippen LogP contribution in [0.3, 0.4) is 0 Å². The van der Waals surface area contributed by atoms with E-state index in [0.29, 0.717) is 12.2 Å². The van der Waals surface area contributed by atoms with Crippen LogP contribution in [-0.2, 0) is 4.74 Å². The van der Waals surface area contributed by atoms with Crippen molar-refractivity contribution in [3.8, 4) is 0 Å². The molecule has 0 N–H and O–H groups in total. The van der Waals surface area contributed by atoms with Gasteiger partial charge in [-0.15, -0.1) is 0 Å². The Morgan fingerprint density at radius 1 is 1.11 bits per heavy atom. The molecule has 1 heteroatoms. The van der Waals surface area contributed by atoms with Crippen molar-refractivity contribution in [2.75, 3.05) is 0 Å². The molecule has 2 unspecified atom stereocenters. The lowest BCUT2D eigenvalue weighted by Gasteiger charge is -2.30. The molecule has 9 heavy (non-hydrogen) atoms. The Labute approximate surface area is 57.4 Å². The maximum Gasteiger partial charge on any atom is 0.0576 e. The van der Waals surface area contributed by atoms with Crippen LogP contribution in [-0.4, -0.2) is 12.2 Å². The molecule has 3 atom stereocenters. The summed E-state index contributed by atoms with van der Waals surface area (Å²) >= 11 is 0. The van der Waals surface area contributed by atoms with Crippen LogP contribution < -0.4 is 0 Å². The molecule has 1 rings (SSSR count). The van der Waals surface area contributed by atoms with Gasteiger partial charge in [0.1, 0.15) is 0 Å². The van der Waals surface area contributed by atoms with Crippen LogP contribution in [0.2, 0.25) is 0 Å². The number of hydrogen-bond acceptors (Lipinski definition) is 1. The summed E-state index contributed by atoms with van der Waals surface area (Å²) in [6.07, 6.45) is 3.55. The summed E-state index contributed by atoms with van der Waals surface area (Å²) in [5.41, 5.74) is 0. The Morgan fingerprint density at radius 2 is 1.78 bits per heavy atom. The lowest BCUT2D eigenvalue weighted by molar-refractivity contribution is -0.0594. The molecule has 1 aliphatic rings. The van der Waals surface area contributed by atoms with Gasteiger partial charge < -0.3 is 4.74 Å². The summed E-state index contributed by atoms with van der Waals surface area (Å²) in [6.45, 7) is 6.58. The van der Waals surface area contributed by atoms with E-state index < -0.39 is 0 Å². The highest BCUT2D eigenvalue weighted by Gasteiger charge is 2.21. The first kappa shape index (κ1) is 7.07. The molecule has 0 aromatic carbocycles. The van der Waals surface area contributed by atoms with E-state index in [1.54, 1.807) is 0 Å². The fraction of sp³-hybridized carbons (Fsp3) is 1.00. The molecule has 0 aliphatic carbocycles. The molecule has 0 saturated carbocycles.